The number of hydrogen-bond acceptors (Lipinski definition) is 8. The van der Waals surface area contributed by atoms with Crippen LogP contribution >= 0.6 is 11.3 Å². The fourth-order valence-electron chi connectivity index (χ4n) is 3.50. The van der Waals surface area contributed by atoms with Crippen molar-refractivity contribution >= 4 is 33.9 Å². The Morgan fingerprint density at radius 1 is 1.09 bits per heavy atom. The summed E-state index contributed by atoms with van der Waals surface area (Å²) in [4.78, 5) is 30.1. The molecule has 166 valence electrons. The van der Waals surface area contributed by atoms with Crippen molar-refractivity contribution in [3.63, 3.8) is 0 Å². The lowest BCUT2D eigenvalue weighted by molar-refractivity contribution is 0.0745. The summed E-state index contributed by atoms with van der Waals surface area (Å²) < 4.78 is 5.92. The van der Waals surface area contributed by atoms with E-state index in [0.717, 1.165) is 16.5 Å². The highest BCUT2D eigenvalue weighted by Gasteiger charge is 2.24. The van der Waals surface area contributed by atoms with Gasteiger partial charge in [0.1, 0.15) is 11.6 Å². The second-order valence-electron chi connectivity index (χ2n) is 7.70. The molecule has 0 atom stereocenters. The number of amides is 1. The molecule has 3 heterocycles. The monoisotopic (exact) mass is 450 g/mol. The van der Waals surface area contributed by atoms with Gasteiger partial charge in [-0.1, -0.05) is 6.58 Å². The third-order valence-electron chi connectivity index (χ3n) is 5.00. The number of rotatable bonds is 7. The van der Waals surface area contributed by atoms with Gasteiger partial charge in [0, 0.05) is 67.0 Å². The number of piperazine rings is 1. The van der Waals surface area contributed by atoms with E-state index in [1.807, 2.05) is 36.3 Å². The van der Waals surface area contributed by atoms with Gasteiger partial charge in [-0.3, -0.25) is 9.78 Å². The van der Waals surface area contributed by atoms with E-state index in [-0.39, 0.29) is 12.0 Å². The topological polar surface area (TPSA) is 83.5 Å². The molecule has 0 radical (unpaired) electrons. The van der Waals surface area contributed by atoms with E-state index in [1.54, 1.807) is 30.9 Å². The van der Waals surface area contributed by atoms with Crippen molar-refractivity contribution in [3.8, 4) is 5.75 Å². The van der Waals surface area contributed by atoms with Gasteiger partial charge in [0.2, 0.25) is 0 Å². The van der Waals surface area contributed by atoms with Crippen molar-refractivity contribution < 1.29 is 9.53 Å². The highest BCUT2D eigenvalue weighted by Crippen LogP contribution is 2.26. The molecule has 9 heteroatoms. The molecule has 1 aliphatic heterocycles. The molecule has 1 N–H and O–H groups in total. The zero-order valence-corrected chi connectivity index (χ0v) is 19.0. The van der Waals surface area contributed by atoms with Gasteiger partial charge in [-0.2, -0.15) is 0 Å². The fourth-order valence-corrected chi connectivity index (χ4v) is 4.05. The third-order valence-corrected chi connectivity index (χ3v) is 5.69. The number of nitrogens with zero attached hydrogens (tertiary/aromatic N) is 5. The van der Waals surface area contributed by atoms with E-state index >= 15 is 0 Å². The lowest BCUT2D eigenvalue weighted by atomic mass is 10.1. The molecule has 1 fully saturated rings. The molecule has 0 bridgehead atoms. The number of nitrogens with one attached hydrogen (secondary N) is 1. The highest BCUT2D eigenvalue weighted by atomic mass is 32.1. The fraction of sp³-hybridized carbons (Fsp3) is 0.304. The minimum Gasteiger partial charge on any atom is -0.491 e. The number of aromatic nitrogens is 3. The standard InChI is InChI=1S/C23H26N6O2S/c1-16(2)31-20-13-18(17(3)27-23-26-6-11-32-23)12-19(14-20)22(30)29-9-7-28(8-10-29)21-15-24-4-5-25-21/h4-6,11-16H,3,7-10H2,1-2H3,(H,26,27). The molecule has 1 saturated heterocycles. The maximum atomic E-state index is 13.3. The Morgan fingerprint density at radius 2 is 1.88 bits per heavy atom. The molecule has 4 rings (SSSR count). The van der Waals surface area contributed by atoms with E-state index in [0.29, 0.717) is 43.2 Å². The van der Waals surface area contributed by atoms with Crippen LogP contribution in [-0.4, -0.2) is 58.0 Å². The van der Waals surface area contributed by atoms with E-state index in [1.165, 1.54) is 11.3 Å². The molecule has 1 amide bonds. The number of carbonyl (C=O) groups is 1. The maximum Gasteiger partial charge on any atom is 0.254 e. The van der Waals surface area contributed by atoms with Crippen LogP contribution in [0.25, 0.3) is 5.70 Å². The van der Waals surface area contributed by atoms with E-state index in [9.17, 15) is 4.79 Å². The summed E-state index contributed by atoms with van der Waals surface area (Å²) >= 11 is 1.49. The SMILES string of the molecule is C=C(Nc1nccs1)c1cc(OC(C)C)cc(C(=O)N2CCN(c3cnccn3)CC2)c1. The Kier molecular flexibility index (Phi) is 6.65. The zero-order valence-electron chi connectivity index (χ0n) is 18.2. The lowest BCUT2D eigenvalue weighted by Crippen LogP contribution is -2.49. The first-order valence-corrected chi connectivity index (χ1v) is 11.4. The molecule has 0 saturated carbocycles. The minimum atomic E-state index is -0.0266. The zero-order chi connectivity index (χ0) is 22.5. The van der Waals surface area contributed by atoms with Gasteiger partial charge in [0.05, 0.1) is 12.3 Å². The van der Waals surface area contributed by atoms with Crippen LogP contribution in [0.5, 0.6) is 5.75 Å². The van der Waals surface area contributed by atoms with Crippen LogP contribution in [0.15, 0.2) is 54.9 Å². The average molecular weight is 451 g/mol. The smallest absolute Gasteiger partial charge is 0.254 e. The van der Waals surface area contributed by atoms with Crippen LogP contribution in [0.1, 0.15) is 29.8 Å². The number of carbonyl (C=O) groups excluding carboxylic acids is 1. The average Bonchev–Trinajstić information content (AvgIpc) is 3.31. The van der Waals surface area contributed by atoms with E-state index in [2.05, 4.69) is 31.7 Å². The van der Waals surface area contributed by atoms with Crippen LogP contribution in [0.2, 0.25) is 0 Å². The number of hydrogen-bond donors (Lipinski definition) is 1. The normalized spacial score (nSPS) is 13.8. The molecule has 1 aromatic carbocycles. The second-order valence-corrected chi connectivity index (χ2v) is 8.59. The maximum absolute atomic E-state index is 13.3. The highest BCUT2D eigenvalue weighted by molar-refractivity contribution is 7.13. The summed E-state index contributed by atoms with van der Waals surface area (Å²) in [5.74, 6) is 1.45. The van der Waals surface area contributed by atoms with E-state index in [4.69, 9.17) is 4.74 Å². The summed E-state index contributed by atoms with van der Waals surface area (Å²) in [5, 5.41) is 5.84. The molecule has 8 nitrogen and oxygen atoms in total. The Balaban J connectivity index is 1.51. The molecular weight excluding hydrogens is 424 g/mol. The van der Waals surface area contributed by atoms with Gasteiger partial charge in [-0.05, 0) is 32.0 Å². The lowest BCUT2D eigenvalue weighted by Gasteiger charge is -2.35. The van der Waals surface area contributed by atoms with Crippen LogP contribution in [0.3, 0.4) is 0 Å². The van der Waals surface area contributed by atoms with Crippen LogP contribution < -0.4 is 15.0 Å². The summed E-state index contributed by atoms with van der Waals surface area (Å²) in [6.07, 6.45) is 6.81. The van der Waals surface area contributed by atoms with Crippen molar-refractivity contribution in [2.75, 3.05) is 36.4 Å². The van der Waals surface area contributed by atoms with Gasteiger partial charge >= 0.3 is 0 Å². The van der Waals surface area contributed by atoms with Crippen LogP contribution in [-0.2, 0) is 0 Å². The number of anilines is 2. The first kappa shape index (κ1) is 21.8. The Morgan fingerprint density at radius 3 is 2.53 bits per heavy atom. The van der Waals surface area contributed by atoms with Gasteiger partial charge < -0.3 is 19.9 Å². The van der Waals surface area contributed by atoms with Gasteiger partial charge in [-0.25, -0.2) is 9.97 Å². The molecule has 0 unspecified atom stereocenters. The Labute approximate surface area is 191 Å². The number of benzene rings is 1. The van der Waals surface area contributed by atoms with Crippen LogP contribution in [0, 0.1) is 0 Å². The molecule has 1 aliphatic rings. The second kappa shape index (κ2) is 9.78. The van der Waals surface area contributed by atoms with Crippen LogP contribution in [0.4, 0.5) is 10.9 Å². The van der Waals surface area contributed by atoms with Gasteiger partial charge in [-0.15, -0.1) is 11.3 Å². The van der Waals surface area contributed by atoms with E-state index < -0.39 is 0 Å². The van der Waals surface area contributed by atoms with Crippen molar-refractivity contribution in [1.82, 2.24) is 19.9 Å². The quantitative estimate of drug-likeness (QED) is 0.587. The molecule has 0 aliphatic carbocycles. The largest absolute Gasteiger partial charge is 0.491 e. The number of ether oxygens (including phenoxy) is 1. The van der Waals surface area contributed by atoms with Gasteiger partial charge in [0.15, 0.2) is 5.13 Å². The summed E-state index contributed by atoms with van der Waals surface area (Å²) in [5.41, 5.74) is 2.03. The Bertz CT molecular complexity index is 1060. The molecule has 2 aromatic heterocycles. The number of thiazole rings is 1. The van der Waals surface area contributed by atoms with Crippen molar-refractivity contribution in [1.29, 1.82) is 0 Å². The molecule has 32 heavy (non-hydrogen) atoms. The Hall–Kier alpha value is -3.46. The molecular formula is C23H26N6O2S. The summed E-state index contributed by atoms with van der Waals surface area (Å²) in [7, 11) is 0. The third kappa shape index (κ3) is 5.23. The minimum absolute atomic E-state index is 0.0103. The predicted octanol–water partition coefficient (Wildman–Crippen LogP) is 3.77. The van der Waals surface area contributed by atoms with Crippen molar-refractivity contribution in [2.45, 2.75) is 20.0 Å². The van der Waals surface area contributed by atoms with Gasteiger partial charge in [0.25, 0.3) is 5.91 Å². The predicted molar refractivity (Wildman–Crippen MR) is 127 cm³/mol. The first-order valence-electron chi connectivity index (χ1n) is 10.5. The van der Waals surface area contributed by atoms with Crippen molar-refractivity contribution in [3.05, 3.63) is 66.1 Å². The molecule has 3 aromatic rings. The van der Waals surface area contributed by atoms with Crippen molar-refractivity contribution in [2.24, 2.45) is 0 Å². The summed E-state index contributed by atoms with van der Waals surface area (Å²) in [6.45, 7) is 10.7. The summed E-state index contributed by atoms with van der Waals surface area (Å²) in [6, 6.07) is 5.55. The first-order chi connectivity index (χ1) is 15.5. The molecule has 0 spiro atoms.